The molecule has 1 aliphatic heterocycles. The maximum Gasteiger partial charge on any atom is 0.367 e. The zero-order valence-corrected chi connectivity index (χ0v) is 16.2. The number of amides is 2. The van der Waals surface area contributed by atoms with Crippen molar-refractivity contribution in [1.29, 1.82) is 0 Å². The van der Waals surface area contributed by atoms with Crippen molar-refractivity contribution in [2.75, 3.05) is 14.2 Å². The van der Waals surface area contributed by atoms with Crippen LogP contribution in [0.25, 0.3) is 0 Å². The van der Waals surface area contributed by atoms with Crippen LogP contribution in [0, 0.1) is 0 Å². The van der Waals surface area contributed by atoms with Crippen LogP contribution >= 0.6 is 0 Å². The highest BCUT2D eigenvalue weighted by molar-refractivity contribution is 6.21. The van der Waals surface area contributed by atoms with Gasteiger partial charge in [-0.3, -0.25) is 14.3 Å². The van der Waals surface area contributed by atoms with E-state index in [4.69, 9.17) is 14.3 Å². The minimum absolute atomic E-state index is 0.104. The van der Waals surface area contributed by atoms with Gasteiger partial charge < -0.3 is 14.3 Å². The molecule has 152 valence electrons. The van der Waals surface area contributed by atoms with Gasteiger partial charge in [-0.05, 0) is 29.8 Å². The number of hydroxylamine groups is 2. The Morgan fingerprint density at radius 1 is 0.967 bits per heavy atom. The third-order valence-electron chi connectivity index (χ3n) is 4.59. The van der Waals surface area contributed by atoms with Gasteiger partial charge >= 0.3 is 5.97 Å². The first-order chi connectivity index (χ1) is 14.5. The quantitative estimate of drug-likeness (QED) is 0.578. The lowest BCUT2D eigenvalue weighted by Crippen LogP contribution is -2.32. The number of aromatic nitrogens is 2. The number of benzene rings is 2. The van der Waals surface area contributed by atoms with Gasteiger partial charge in [-0.15, -0.1) is 0 Å². The highest BCUT2D eigenvalue weighted by Crippen LogP contribution is 2.28. The van der Waals surface area contributed by atoms with Gasteiger partial charge in [-0.25, -0.2) is 4.79 Å². The number of carbonyl (C=O) groups is 3. The molecule has 0 atom stereocenters. The highest BCUT2D eigenvalue weighted by atomic mass is 16.7. The third kappa shape index (κ3) is 3.37. The predicted molar refractivity (Wildman–Crippen MR) is 103 cm³/mol. The summed E-state index contributed by atoms with van der Waals surface area (Å²) in [5.41, 5.74) is 1.36. The maximum atomic E-state index is 12.4. The van der Waals surface area contributed by atoms with E-state index >= 15 is 0 Å². The Kier molecular flexibility index (Phi) is 4.93. The second-order valence-corrected chi connectivity index (χ2v) is 6.44. The fraction of sp³-hybridized carbons (Fsp3) is 0.143. The van der Waals surface area contributed by atoms with Crippen LogP contribution in [0.2, 0.25) is 0 Å². The smallest absolute Gasteiger partial charge is 0.367 e. The van der Waals surface area contributed by atoms with E-state index in [0.29, 0.717) is 23.1 Å². The van der Waals surface area contributed by atoms with Crippen LogP contribution in [-0.2, 0) is 11.4 Å². The lowest BCUT2D eigenvalue weighted by molar-refractivity contribution is -0.0584. The molecule has 0 aliphatic carbocycles. The Morgan fingerprint density at radius 2 is 1.63 bits per heavy atom. The van der Waals surface area contributed by atoms with Gasteiger partial charge in [-0.1, -0.05) is 23.3 Å². The number of hydrogen-bond donors (Lipinski definition) is 0. The molecule has 2 heterocycles. The van der Waals surface area contributed by atoms with E-state index in [1.165, 1.54) is 29.2 Å². The molecule has 0 unspecified atom stereocenters. The lowest BCUT2D eigenvalue weighted by Gasteiger charge is -2.11. The molecule has 0 saturated carbocycles. The number of nitrogens with zero attached hydrogens (tertiary/aromatic N) is 3. The van der Waals surface area contributed by atoms with Crippen LogP contribution in [-0.4, -0.2) is 46.8 Å². The van der Waals surface area contributed by atoms with Gasteiger partial charge in [0.05, 0.1) is 43.7 Å². The Morgan fingerprint density at radius 3 is 2.27 bits per heavy atom. The molecule has 30 heavy (non-hydrogen) atoms. The lowest BCUT2D eigenvalue weighted by atomic mass is 10.1. The van der Waals surface area contributed by atoms with Crippen molar-refractivity contribution in [3.63, 3.8) is 0 Å². The largest absolute Gasteiger partial charge is 0.493 e. The number of rotatable bonds is 6. The maximum absolute atomic E-state index is 12.4. The molecule has 0 N–H and O–H groups in total. The van der Waals surface area contributed by atoms with E-state index in [9.17, 15) is 14.4 Å². The number of hydrogen-bond acceptors (Lipinski definition) is 7. The van der Waals surface area contributed by atoms with Crippen LogP contribution in [0.15, 0.2) is 54.9 Å². The van der Waals surface area contributed by atoms with Crippen molar-refractivity contribution in [2.24, 2.45) is 0 Å². The number of carbonyl (C=O) groups excluding carboxylic acids is 3. The summed E-state index contributed by atoms with van der Waals surface area (Å²) in [6, 6.07) is 11.7. The average molecular weight is 407 g/mol. The SMILES string of the molecule is COc1ccc(Cn2cc(C(=O)ON3C(=O)c4ccccc4C3=O)cn2)cc1OC. The predicted octanol–water partition coefficient (Wildman–Crippen LogP) is 2.32. The second-order valence-electron chi connectivity index (χ2n) is 6.44. The molecule has 2 amide bonds. The van der Waals surface area contributed by atoms with Gasteiger partial charge in [0.15, 0.2) is 11.5 Å². The fourth-order valence-corrected chi connectivity index (χ4v) is 3.11. The third-order valence-corrected chi connectivity index (χ3v) is 4.59. The molecule has 0 fully saturated rings. The van der Waals surface area contributed by atoms with Crippen LogP contribution < -0.4 is 9.47 Å². The summed E-state index contributed by atoms with van der Waals surface area (Å²) in [6.45, 7) is 0.362. The molecule has 4 rings (SSSR count). The van der Waals surface area contributed by atoms with E-state index < -0.39 is 17.8 Å². The zero-order valence-electron chi connectivity index (χ0n) is 16.2. The molecular formula is C21H17N3O6. The first-order valence-corrected chi connectivity index (χ1v) is 8.95. The number of ether oxygens (including phenoxy) is 2. The van der Waals surface area contributed by atoms with Crippen molar-refractivity contribution >= 4 is 17.8 Å². The minimum Gasteiger partial charge on any atom is -0.493 e. The van der Waals surface area contributed by atoms with Crippen LogP contribution in [0.5, 0.6) is 11.5 Å². The van der Waals surface area contributed by atoms with Crippen LogP contribution in [0.3, 0.4) is 0 Å². The molecule has 1 aromatic heterocycles. The first kappa shape index (κ1) is 19.2. The Hall–Kier alpha value is -4.14. The number of fused-ring (bicyclic) bond motifs is 1. The van der Waals surface area contributed by atoms with E-state index in [1.54, 1.807) is 38.5 Å². The summed E-state index contributed by atoms with van der Waals surface area (Å²) in [5, 5.41) is 4.61. The van der Waals surface area contributed by atoms with Crippen LogP contribution in [0.1, 0.15) is 36.6 Å². The second kappa shape index (κ2) is 7.70. The zero-order chi connectivity index (χ0) is 21.3. The number of methoxy groups -OCH3 is 2. The fourth-order valence-electron chi connectivity index (χ4n) is 3.11. The van der Waals surface area contributed by atoms with E-state index in [2.05, 4.69) is 5.10 Å². The average Bonchev–Trinajstić information content (AvgIpc) is 3.33. The molecule has 0 bridgehead atoms. The first-order valence-electron chi connectivity index (χ1n) is 8.95. The summed E-state index contributed by atoms with van der Waals surface area (Å²) in [6.07, 6.45) is 2.78. The van der Waals surface area contributed by atoms with Gasteiger partial charge in [0.1, 0.15) is 0 Å². The number of imide groups is 1. The summed E-state index contributed by atoms with van der Waals surface area (Å²) in [4.78, 5) is 42.1. The minimum atomic E-state index is -0.858. The summed E-state index contributed by atoms with van der Waals surface area (Å²) >= 11 is 0. The molecule has 3 aromatic rings. The molecule has 0 spiro atoms. The normalized spacial score (nSPS) is 12.7. The summed E-state index contributed by atoms with van der Waals surface area (Å²) in [7, 11) is 3.10. The summed E-state index contributed by atoms with van der Waals surface area (Å²) < 4.78 is 12.0. The van der Waals surface area contributed by atoms with Gasteiger partial charge in [0.25, 0.3) is 11.8 Å². The molecule has 0 saturated heterocycles. The molecule has 9 nitrogen and oxygen atoms in total. The summed E-state index contributed by atoms with van der Waals surface area (Å²) in [5.74, 6) is -1.04. The van der Waals surface area contributed by atoms with Gasteiger partial charge in [0.2, 0.25) is 0 Å². The molecule has 2 aromatic carbocycles. The highest BCUT2D eigenvalue weighted by Gasteiger charge is 2.38. The topological polar surface area (TPSA) is 100.0 Å². The van der Waals surface area contributed by atoms with Crippen molar-refractivity contribution < 1.29 is 28.7 Å². The Bertz CT molecular complexity index is 1120. The Labute approximate surface area is 171 Å². The molecular weight excluding hydrogens is 390 g/mol. The van der Waals surface area contributed by atoms with Crippen molar-refractivity contribution in [1.82, 2.24) is 14.8 Å². The molecule has 0 radical (unpaired) electrons. The standard InChI is InChI=1S/C21H17N3O6/c1-28-17-8-7-13(9-18(17)29-2)11-23-12-14(10-22-23)21(27)30-24-19(25)15-5-3-4-6-16(15)20(24)26/h3-10,12H,11H2,1-2H3. The van der Waals surface area contributed by atoms with E-state index in [-0.39, 0.29) is 16.7 Å². The van der Waals surface area contributed by atoms with E-state index in [1.807, 2.05) is 6.07 Å². The molecule has 1 aliphatic rings. The van der Waals surface area contributed by atoms with Crippen LogP contribution in [0.4, 0.5) is 0 Å². The van der Waals surface area contributed by atoms with Crippen molar-refractivity contribution in [2.45, 2.75) is 6.54 Å². The van der Waals surface area contributed by atoms with Gasteiger partial charge in [0, 0.05) is 6.20 Å². The van der Waals surface area contributed by atoms with Crippen molar-refractivity contribution in [3.05, 3.63) is 77.1 Å². The monoisotopic (exact) mass is 407 g/mol. The van der Waals surface area contributed by atoms with Crippen molar-refractivity contribution in [3.8, 4) is 11.5 Å². The Balaban J connectivity index is 1.46. The molecule has 9 heteroatoms. The van der Waals surface area contributed by atoms with E-state index in [0.717, 1.165) is 5.56 Å². The van der Waals surface area contributed by atoms with Gasteiger partial charge in [-0.2, -0.15) is 5.10 Å².